The van der Waals surface area contributed by atoms with E-state index in [1.54, 1.807) is 0 Å². The van der Waals surface area contributed by atoms with Gasteiger partial charge in [0.2, 0.25) is 9.84 Å². The predicted octanol–water partition coefficient (Wildman–Crippen LogP) is 4.93. The van der Waals surface area contributed by atoms with Crippen molar-refractivity contribution in [3.8, 4) is 5.75 Å². The molecule has 0 aliphatic heterocycles. The zero-order valence-electron chi connectivity index (χ0n) is 14.5. The summed E-state index contributed by atoms with van der Waals surface area (Å²) in [6, 6.07) is 7.56. The van der Waals surface area contributed by atoms with Gasteiger partial charge in [0.1, 0.15) is 5.75 Å². The molecule has 1 rings (SSSR count). The maximum absolute atomic E-state index is 12.5. The van der Waals surface area contributed by atoms with Crippen LogP contribution in [-0.2, 0) is 9.84 Å². The van der Waals surface area contributed by atoms with Crippen molar-refractivity contribution in [2.24, 2.45) is 5.41 Å². The summed E-state index contributed by atoms with van der Waals surface area (Å²) in [5.41, 5.74) is -5.04. The molecule has 0 saturated carbocycles. The molecule has 0 heterocycles. The molecular formula is C17H25F3O3S. The number of alkyl halides is 3. The monoisotopic (exact) mass is 366 g/mol. The van der Waals surface area contributed by atoms with Gasteiger partial charge in [-0.3, -0.25) is 0 Å². The van der Waals surface area contributed by atoms with Crippen molar-refractivity contribution in [1.82, 2.24) is 0 Å². The summed E-state index contributed by atoms with van der Waals surface area (Å²) in [5, 5.41) is 0. The van der Waals surface area contributed by atoms with Gasteiger partial charge in [-0.1, -0.05) is 39.8 Å². The normalized spacial score (nSPS) is 14.5. The van der Waals surface area contributed by atoms with Gasteiger partial charge < -0.3 is 4.74 Å². The van der Waals surface area contributed by atoms with Gasteiger partial charge in [0.25, 0.3) is 0 Å². The summed E-state index contributed by atoms with van der Waals surface area (Å²) in [6.07, 6.45) is 1.23. The molecule has 0 fully saturated rings. The second-order valence-electron chi connectivity index (χ2n) is 6.85. The van der Waals surface area contributed by atoms with Crippen LogP contribution in [0.1, 0.15) is 52.0 Å². The molecule has 1 unspecified atom stereocenters. The average Bonchev–Trinajstić information content (AvgIpc) is 2.44. The van der Waals surface area contributed by atoms with Gasteiger partial charge in [-0.05, 0) is 41.9 Å². The lowest BCUT2D eigenvalue weighted by Crippen LogP contribution is -2.34. The van der Waals surface area contributed by atoms with Crippen molar-refractivity contribution in [2.75, 3.05) is 12.4 Å². The maximum atomic E-state index is 12.5. The topological polar surface area (TPSA) is 43.4 Å². The molecule has 1 aromatic carbocycles. The molecule has 24 heavy (non-hydrogen) atoms. The zero-order chi connectivity index (χ0) is 18.6. The Labute approximate surface area is 142 Å². The molecule has 0 amide bonds. The number of ether oxygens (including phenoxy) is 1. The molecule has 0 radical (unpaired) electrons. The molecule has 1 atom stereocenters. The van der Waals surface area contributed by atoms with E-state index in [1.165, 1.54) is 19.4 Å². The first-order valence-electron chi connectivity index (χ1n) is 7.90. The molecule has 3 nitrogen and oxygen atoms in total. The van der Waals surface area contributed by atoms with E-state index in [9.17, 15) is 21.6 Å². The highest BCUT2D eigenvalue weighted by molar-refractivity contribution is 7.92. The zero-order valence-corrected chi connectivity index (χ0v) is 15.3. The molecule has 0 saturated heterocycles. The highest BCUT2D eigenvalue weighted by Gasteiger charge is 2.47. The van der Waals surface area contributed by atoms with Gasteiger partial charge in [-0.15, -0.1) is 0 Å². The Bertz CT molecular complexity index is 619. The van der Waals surface area contributed by atoms with E-state index in [1.807, 2.05) is 24.3 Å². The van der Waals surface area contributed by atoms with Gasteiger partial charge in [0, 0.05) is 0 Å². The number of hydrogen-bond donors (Lipinski definition) is 0. The van der Waals surface area contributed by atoms with Crippen LogP contribution in [0.4, 0.5) is 13.2 Å². The van der Waals surface area contributed by atoms with Crippen LogP contribution < -0.4 is 4.74 Å². The fraction of sp³-hybridized carbons (Fsp3) is 0.647. The minimum absolute atomic E-state index is 0.156. The average molecular weight is 366 g/mol. The lowest BCUT2D eigenvalue weighted by molar-refractivity contribution is -0.0443. The van der Waals surface area contributed by atoms with Crippen molar-refractivity contribution < 1.29 is 26.3 Å². The lowest BCUT2D eigenvalue weighted by atomic mass is 9.92. The summed E-state index contributed by atoms with van der Waals surface area (Å²) in [4.78, 5) is 0. The summed E-state index contributed by atoms with van der Waals surface area (Å²) in [6.45, 7) is 7.37. The third-order valence-electron chi connectivity index (χ3n) is 4.04. The van der Waals surface area contributed by atoms with Gasteiger partial charge in [-0.25, -0.2) is 8.42 Å². The number of hydrogen-bond acceptors (Lipinski definition) is 3. The van der Waals surface area contributed by atoms with Gasteiger partial charge in [-0.2, -0.15) is 13.2 Å². The SMILES string of the molecule is CCC(C)c1ccc(OCCC(C)(C)CS(=O)(=O)C(F)(F)F)cc1. The Hall–Kier alpha value is -1.24. The number of halogens is 3. The second kappa shape index (κ2) is 7.76. The van der Waals surface area contributed by atoms with Crippen LogP contribution in [0, 0.1) is 5.41 Å². The quantitative estimate of drug-likeness (QED) is 0.655. The minimum Gasteiger partial charge on any atom is -0.494 e. The summed E-state index contributed by atoms with van der Waals surface area (Å²) >= 11 is 0. The van der Waals surface area contributed by atoms with Crippen LogP contribution in [-0.4, -0.2) is 26.3 Å². The molecule has 0 N–H and O–H groups in total. The van der Waals surface area contributed by atoms with Crippen LogP contribution in [0.5, 0.6) is 5.75 Å². The summed E-state index contributed by atoms with van der Waals surface area (Å²) in [7, 11) is -5.12. The molecule has 0 aromatic heterocycles. The second-order valence-corrected chi connectivity index (χ2v) is 8.83. The molecule has 7 heteroatoms. The first-order valence-corrected chi connectivity index (χ1v) is 9.55. The van der Waals surface area contributed by atoms with Crippen LogP contribution >= 0.6 is 0 Å². The first-order chi connectivity index (χ1) is 10.9. The molecule has 1 aromatic rings. The molecule has 0 aliphatic carbocycles. The molecule has 0 spiro atoms. The van der Waals surface area contributed by atoms with Crippen LogP contribution in [0.2, 0.25) is 0 Å². The van der Waals surface area contributed by atoms with Crippen LogP contribution in [0.15, 0.2) is 24.3 Å². The smallest absolute Gasteiger partial charge is 0.494 e. The van der Waals surface area contributed by atoms with Crippen molar-refractivity contribution in [2.45, 2.75) is 52.0 Å². The maximum Gasteiger partial charge on any atom is 0.497 e. The number of rotatable bonds is 8. The van der Waals surface area contributed by atoms with E-state index in [0.717, 1.165) is 6.42 Å². The third-order valence-corrected chi connectivity index (χ3v) is 5.91. The van der Waals surface area contributed by atoms with Gasteiger partial charge >= 0.3 is 5.51 Å². The summed E-state index contributed by atoms with van der Waals surface area (Å²) < 4.78 is 65.5. The van der Waals surface area contributed by atoms with Gasteiger partial charge in [0.05, 0.1) is 12.4 Å². The largest absolute Gasteiger partial charge is 0.497 e. The summed E-state index contributed by atoms with van der Waals surface area (Å²) in [5.74, 6) is 0.127. The van der Waals surface area contributed by atoms with E-state index in [2.05, 4.69) is 13.8 Å². The molecular weight excluding hydrogens is 341 g/mol. The number of sulfone groups is 1. The van der Waals surface area contributed by atoms with E-state index < -0.39 is 26.5 Å². The fourth-order valence-electron chi connectivity index (χ4n) is 2.24. The Morgan fingerprint density at radius 1 is 1.12 bits per heavy atom. The minimum atomic E-state index is -5.21. The van der Waals surface area contributed by atoms with Crippen molar-refractivity contribution >= 4 is 9.84 Å². The van der Waals surface area contributed by atoms with E-state index in [0.29, 0.717) is 11.7 Å². The van der Waals surface area contributed by atoms with Gasteiger partial charge in [0.15, 0.2) is 0 Å². The Balaban J connectivity index is 2.57. The van der Waals surface area contributed by atoms with E-state index in [-0.39, 0.29) is 13.0 Å². The van der Waals surface area contributed by atoms with Crippen molar-refractivity contribution in [3.05, 3.63) is 29.8 Å². The molecule has 0 aliphatic rings. The third kappa shape index (κ3) is 6.00. The van der Waals surface area contributed by atoms with E-state index >= 15 is 0 Å². The lowest BCUT2D eigenvalue weighted by Gasteiger charge is -2.25. The van der Waals surface area contributed by atoms with Crippen molar-refractivity contribution in [3.63, 3.8) is 0 Å². The van der Waals surface area contributed by atoms with Crippen molar-refractivity contribution in [1.29, 1.82) is 0 Å². The standard InChI is InChI=1S/C17H25F3O3S/c1-5-13(2)14-6-8-15(9-7-14)23-11-10-16(3,4)12-24(21,22)17(18,19)20/h6-9,13H,5,10-12H2,1-4H3. The molecule has 0 bridgehead atoms. The Morgan fingerprint density at radius 2 is 1.67 bits per heavy atom. The highest BCUT2D eigenvalue weighted by atomic mass is 32.2. The first kappa shape index (κ1) is 20.8. The van der Waals surface area contributed by atoms with Crippen LogP contribution in [0.25, 0.3) is 0 Å². The Morgan fingerprint density at radius 3 is 2.12 bits per heavy atom. The van der Waals surface area contributed by atoms with Crippen LogP contribution in [0.3, 0.4) is 0 Å². The highest BCUT2D eigenvalue weighted by Crippen LogP contribution is 2.32. The predicted molar refractivity (Wildman–Crippen MR) is 88.9 cm³/mol. The van der Waals surface area contributed by atoms with E-state index in [4.69, 9.17) is 4.74 Å². The fourth-order valence-corrected chi connectivity index (χ4v) is 3.58. The Kier molecular flexibility index (Phi) is 6.73. The number of benzene rings is 1. The molecule has 138 valence electrons.